The lowest BCUT2D eigenvalue weighted by Gasteiger charge is -2.18. The van der Waals surface area contributed by atoms with Gasteiger partial charge in [-0.25, -0.2) is 4.39 Å². The molecule has 0 amide bonds. The summed E-state index contributed by atoms with van der Waals surface area (Å²) < 4.78 is 13.7. The SMILES string of the molecule is CCc1ccccc1C(N)c1cc(C)c(F)c(C)c1. The highest BCUT2D eigenvalue weighted by Crippen LogP contribution is 2.26. The average Bonchev–Trinajstić information content (AvgIpc) is 2.43. The van der Waals surface area contributed by atoms with Gasteiger partial charge in [0.25, 0.3) is 0 Å². The summed E-state index contributed by atoms with van der Waals surface area (Å²) in [6, 6.07) is 11.7. The van der Waals surface area contributed by atoms with E-state index in [1.165, 1.54) is 5.56 Å². The van der Waals surface area contributed by atoms with E-state index >= 15 is 0 Å². The quantitative estimate of drug-likeness (QED) is 0.882. The molecule has 2 aromatic carbocycles. The maximum absolute atomic E-state index is 13.7. The lowest BCUT2D eigenvalue weighted by Crippen LogP contribution is -2.14. The summed E-state index contributed by atoms with van der Waals surface area (Å²) in [5, 5.41) is 0. The van der Waals surface area contributed by atoms with E-state index in [9.17, 15) is 4.39 Å². The number of nitrogens with two attached hydrogens (primary N) is 1. The number of halogens is 1. The van der Waals surface area contributed by atoms with E-state index in [0.717, 1.165) is 17.5 Å². The molecule has 2 aromatic rings. The van der Waals surface area contributed by atoms with Crippen LogP contribution in [0.3, 0.4) is 0 Å². The molecule has 1 unspecified atom stereocenters. The number of aryl methyl sites for hydroxylation is 3. The van der Waals surface area contributed by atoms with Gasteiger partial charge in [0.15, 0.2) is 0 Å². The Bertz CT molecular complexity index is 567. The van der Waals surface area contributed by atoms with Crippen molar-refractivity contribution < 1.29 is 4.39 Å². The van der Waals surface area contributed by atoms with Crippen molar-refractivity contribution in [3.8, 4) is 0 Å². The van der Waals surface area contributed by atoms with Crippen LogP contribution in [0.2, 0.25) is 0 Å². The van der Waals surface area contributed by atoms with Crippen LogP contribution in [0.15, 0.2) is 36.4 Å². The van der Waals surface area contributed by atoms with Gasteiger partial charge < -0.3 is 5.73 Å². The van der Waals surface area contributed by atoms with Gasteiger partial charge in [-0.2, -0.15) is 0 Å². The molecule has 1 nitrogen and oxygen atoms in total. The first-order chi connectivity index (χ1) is 9.04. The third-order valence-corrected chi connectivity index (χ3v) is 3.59. The fourth-order valence-corrected chi connectivity index (χ4v) is 2.50. The Balaban J connectivity index is 2.47. The second-order valence-electron chi connectivity index (χ2n) is 5.00. The Morgan fingerprint density at radius 1 is 1.11 bits per heavy atom. The maximum Gasteiger partial charge on any atom is 0.129 e. The number of benzene rings is 2. The lowest BCUT2D eigenvalue weighted by atomic mass is 9.92. The first-order valence-electron chi connectivity index (χ1n) is 6.64. The molecule has 0 spiro atoms. The minimum Gasteiger partial charge on any atom is -0.320 e. The molecule has 100 valence electrons. The van der Waals surface area contributed by atoms with E-state index in [4.69, 9.17) is 5.73 Å². The van der Waals surface area contributed by atoms with Crippen LogP contribution in [-0.4, -0.2) is 0 Å². The van der Waals surface area contributed by atoms with E-state index in [0.29, 0.717) is 11.1 Å². The third-order valence-electron chi connectivity index (χ3n) is 3.59. The molecule has 0 aliphatic rings. The second kappa shape index (κ2) is 5.54. The van der Waals surface area contributed by atoms with Crippen molar-refractivity contribution in [1.82, 2.24) is 0 Å². The molecular weight excluding hydrogens is 237 g/mol. The van der Waals surface area contributed by atoms with Crippen LogP contribution in [0, 0.1) is 19.7 Å². The number of rotatable bonds is 3. The molecule has 1 atom stereocenters. The zero-order valence-electron chi connectivity index (χ0n) is 11.7. The minimum absolute atomic E-state index is 0.139. The Kier molecular flexibility index (Phi) is 4.01. The zero-order valence-corrected chi connectivity index (χ0v) is 11.7. The summed E-state index contributed by atoms with van der Waals surface area (Å²) in [6.45, 7) is 5.68. The van der Waals surface area contributed by atoms with E-state index in [1.54, 1.807) is 13.8 Å². The molecule has 0 aromatic heterocycles. The molecule has 0 saturated carbocycles. The highest BCUT2D eigenvalue weighted by atomic mass is 19.1. The van der Waals surface area contributed by atoms with Crippen LogP contribution in [0.5, 0.6) is 0 Å². The van der Waals surface area contributed by atoms with Crippen LogP contribution in [0.4, 0.5) is 4.39 Å². The Labute approximate surface area is 114 Å². The van der Waals surface area contributed by atoms with Crippen molar-refractivity contribution in [2.24, 2.45) is 5.73 Å². The summed E-state index contributed by atoms with van der Waals surface area (Å²) in [5.41, 5.74) is 11.0. The van der Waals surface area contributed by atoms with Gasteiger partial charge in [-0.3, -0.25) is 0 Å². The molecule has 2 rings (SSSR count). The molecule has 0 saturated heterocycles. The van der Waals surface area contributed by atoms with Crippen molar-refractivity contribution in [2.45, 2.75) is 33.2 Å². The summed E-state index contributed by atoms with van der Waals surface area (Å²) >= 11 is 0. The summed E-state index contributed by atoms with van der Waals surface area (Å²) in [5.74, 6) is -0.139. The Morgan fingerprint density at radius 3 is 2.26 bits per heavy atom. The average molecular weight is 257 g/mol. The van der Waals surface area contributed by atoms with E-state index in [1.807, 2.05) is 24.3 Å². The molecule has 2 heteroatoms. The van der Waals surface area contributed by atoms with Crippen LogP contribution in [0.25, 0.3) is 0 Å². The van der Waals surface area contributed by atoms with E-state index < -0.39 is 0 Å². The van der Waals surface area contributed by atoms with Gasteiger partial charge in [-0.1, -0.05) is 43.3 Å². The fourth-order valence-electron chi connectivity index (χ4n) is 2.50. The van der Waals surface area contributed by atoms with Crippen LogP contribution < -0.4 is 5.73 Å². The van der Waals surface area contributed by atoms with Crippen LogP contribution >= 0.6 is 0 Å². The smallest absolute Gasteiger partial charge is 0.129 e. The zero-order chi connectivity index (χ0) is 14.0. The maximum atomic E-state index is 13.7. The standard InChI is InChI=1S/C17H20FN/c1-4-13-7-5-6-8-15(13)17(19)14-9-11(2)16(18)12(3)10-14/h5-10,17H,4,19H2,1-3H3. The molecule has 0 aliphatic heterocycles. The van der Waals surface area contributed by atoms with Crippen molar-refractivity contribution in [2.75, 3.05) is 0 Å². The molecule has 2 N–H and O–H groups in total. The predicted octanol–water partition coefficient (Wildman–Crippen LogP) is 4.05. The summed E-state index contributed by atoms with van der Waals surface area (Å²) in [6.07, 6.45) is 0.947. The Hall–Kier alpha value is -1.67. The van der Waals surface area contributed by atoms with Gasteiger partial charge in [0.1, 0.15) is 5.82 Å². The van der Waals surface area contributed by atoms with Gasteiger partial charge >= 0.3 is 0 Å². The van der Waals surface area contributed by atoms with Crippen LogP contribution in [-0.2, 0) is 6.42 Å². The molecule has 0 heterocycles. The molecule has 0 fully saturated rings. The van der Waals surface area contributed by atoms with Gasteiger partial charge in [0.2, 0.25) is 0 Å². The predicted molar refractivity (Wildman–Crippen MR) is 77.7 cm³/mol. The molecule has 0 aliphatic carbocycles. The number of hydrogen-bond donors (Lipinski definition) is 1. The largest absolute Gasteiger partial charge is 0.320 e. The highest BCUT2D eigenvalue weighted by molar-refractivity contribution is 5.40. The topological polar surface area (TPSA) is 26.0 Å². The number of hydrogen-bond acceptors (Lipinski definition) is 1. The van der Waals surface area contributed by atoms with Crippen molar-refractivity contribution >= 4 is 0 Å². The fraction of sp³-hybridized carbons (Fsp3) is 0.294. The van der Waals surface area contributed by atoms with Gasteiger partial charge in [-0.15, -0.1) is 0 Å². The third kappa shape index (κ3) is 2.69. The van der Waals surface area contributed by atoms with Gasteiger partial charge in [-0.05, 0) is 48.1 Å². The molecule has 0 bridgehead atoms. The monoisotopic (exact) mass is 257 g/mol. The van der Waals surface area contributed by atoms with E-state index in [-0.39, 0.29) is 11.9 Å². The highest BCUT2D eigenvalue weighted by Gasteiger charge is 2.14. The van der Waals surface area contributed by atoms with Crippen LogP contribution in [0.1, 0.15) is 40.8 Å². The second-order valence-corrected chi connectivity index (χ2v) is 5.00. The van der Waals surface area contributed by atoms with Crippen molar-refractivity contribution in [3.05, 3.63) is 70.0 Å². The van der Waals surface area contributed by atoms with Crippen molar-refractivity contribution in [3.63, 3.8) is 0 Å². The summed E-state index contributed by atoms with van der Waals surface area (Å²) in [4.78, 5) is 0. The first-order valence-corrected chi connectivity index (χ1v) is 6.64. The Morgan fingerprint density at radius 2 is 1.68 bits per heavy atom. The van der Waals surface area contributed by atoms with E-state index in [2.05, 4.69) is 19.1 Å². The minimum atomic E-state index is -0.200. The summed E-state index contributed by atoms with van der Waals surface area (Å²) in [7, 11) is 0. The van der Waals surface area contributed by atoms with Crippen molar-refractivity contribution in [1.29, 1.82) is 0 Å². The molecule has 0 radical (unpaired) electrons. The van der Waals surface area contributed by atoms with Gasteiger partial charge in [0, 0.05) is 0 Å². The molecule has 19 heavy (non-hydrogen) atoms. The molecular formula is C17H20FN. The van der Waals surface area contributed by atoms with Gasteiger partial charge in [0.05, 0.1) is 6.04 Å². The first kappa shape index (κ1) is 13.8. The lowest BCUT2D eigenvalue weighted by molar-refractivity contribution is 0.607. The normalized spacial score (nSPS) is 12.5.